The van der Waals surface area contributed by atoms with Gasteiger partial charge in [0, 0.05) is 35.1 Å². The van der Waals surface area contributed by atoms with Gasteiger partial charge in [-0.1, -0.05) is 6.07 Å². The van der Waals surface area contributed by atoms with E-state index >= 15 is 0 Å². The van der Waals surface area contributed by atoms with Gasteiger partial charge in [-0.05, 0) is 36.8 Å². The second-order valence-corrected chi connectivity index (χ2v) is 5.85. The van der Waals surface area contributed by atoms with Crippen LogP contribution < -0.4 is 11.3 Å². The van der Waals surface area contributed by atoms with Crippen LogP contribution in [0.25, 0.3) is 0 Å². The molecule has 0 radical (unpaired) electrons. The van der Waals surface area contributed by atoms with Crippen molar-refractivity contribution >= 4 is 16.5 Å². The van der Waals surface area contributed by atoms with Crippen LogP contribution >= 0.6 is 0 Å². The van der Waals surface area contributed by atoms with Crippen molar-refractivity contribution in [3.8, 4) is 0 Å². The van der Waals surface area contributed by atoms with Gasteiger partial charge in [0.2, 0.25) is 0 Å². The molecule has 1 heterocycles. The molecule has 1 aromatic carbocycles. The summed E-state index contributed by atoms with van der Waals surface area (Å²) >= 11 is 0. The predicted molar refractivity (Wildman–Crippen MR) is 77.6 cm³/mol. The van der Waals surface area contributed by atoms with Crippen molar-refractivity contribution in [2.24, 2.45) is 0 Å². The molecule has 1 aromatic heterocycles. The Hall–Kier alpha value is -1.88. The lowest BCUT2D eigenvalue weighted by molar-refractivity contribution is 0.668. The third-order valence-electron chi connectivity index (χ3n) is 2.86. The number of pyridine rings is 1. The van der Waals surface area contributed by atoms with Gasteiger partial charge < -0.3 is 10.3 Å². The SMILES string of the molecule is Cc1cc(N)ccc1S(=O)CCn1ccccc1=O. The van der Waals surface area contributed by atoms with Crippen LogP contribution in [0.15, 0.2) is 52.3 Å². The van der Waals surface area contributed by atoms with E-state index in [1.807, 2.05) is 13.0 Å². The first-order valence-corrected chi connectivity index (χ1v) is 7.30. The van der Waals surface area contributed by atoms with Gasteiger partial charge in [0.1, 0.15) is 0 Å². The van der Waals surface area contributed by atoms with Crippen LogP contribution in [-0.4, -0.2) is 14.5 Å². The Morgan fingerprint density at radius 2 is 2.05 bits per heavy atom. The van der Waals surface area contributed by atoms with E-state index in [9.17, 15) is 9.00 Å². The lowest BCUT2D eigenvalue weighted by Gasteiger charge is -2.08. The van der Waals surface area contributed by atoms with E-state index in [0.717, 1.165) is 10.5 Å². The highest BCUT2D eigenvalue weighted by atomic mass is 32.2. The van der Waals surface area contributed by atoms with Crippen LogP contribution in [0.5, 0.6) is 0 Å². The van der Waals surface area contributed by atoms with Crippen LogP contribution in [0.1, 0.15) is 5.56 Å². The van der Waals surface area contributed by atoms with Gasteiger partial charge in [0.25, 0.3) is 5.56 Å². The van der Waals surface area contributed by atoms with Crippen LogP contribution in [0.4, 0.5) is 5.69 Å². The van der Waals surface area contributed by atoms with E-state index in [4.69, 9.17) is 5.73 Å². The number of nitrogen functional groups attached to an aromatic ring is 1. The molecule has 1 unspecified atom stereocenters. The standard InChI is InChI=1S/C14H16N2O2S/c1-11-10-12(15)5-6-13(11)19(18)9-8-16-7-3-2-4-14(16)17/h2-7,10H,8-9,15H2,1H3. The van der Waals surface area contributed by atoms with Crippen LogP contribution in [0.3, 0.4) is 0 Å². The van der Waals surface area contributed by atoms with E-state index in [-0.39, 0.29) is 5.56 Å². The highest BCUT2D eigenvalue weighted by molar-refractivity contribution is 7.85. The summed E-state index contributed by atoms with van der Waals surface area (Å²) in [6.07, 6.45) is 1.70. The Morgan fingerprint density at radius 1 is 1.26 bits per heavy atom. The van der Waals surface area contributed by atoms with Crippen molar-refractivity contribution in [1.29, 1.82) is 0 Å². The van der Waals surface area contributed by atoms with Crippen molar-refractivity contribution in [1.82, 2.24) is 4.57 Å². The van der Waals surface area contributed by atoms with Crippen molar-refractivity contribution in [2.75, 3.05) is 11.5 Å². The molecule has 2 aromatic rings. The minimum Gasteiger partial charge on any atom is -0.399 e. The summed E-state index contributed by atoms with van der Waals surface area (Å²) in [5, 5.41) is 0. The lowest BCUT2D eigenvalue weighted by atomic mass is 10.2. The first-order valence-electron chi connectivity index (χ1n) is 5.98. The normalized spacial score (nSPS) is 12.3. The first-order chi connectivity index (χ1) is 9.08. The number of nitrogens with zero attached hydrogens (tertiary/aromatic N) is 1. The molecule has 0 spiro atoms. The van der Waals surface area contributed by atoms with Gasteiger partial charge in [-0.3, -0.25) is 9.00 Å². The third kappa shape index (κ3) is 3.32. The van der Waals surface area contributed by atoms with Crippen molar-refractivity contribution in [3.05, 3.63) is 58.5 Å². The third-order valence-corrected chi connectivity index (χ3v) is 4.36. The molecule has 0 fully saturated rings. The molecule has 5 heteroatoms. The molecular weight excluding hydrogens is 260 g/mol. The molecule has 0 aliphatic carbocycles. The van der Waals surface area contributed by atoms with Crippen LogP contribution in [0.2, 0.25) is 0 Å². The fraction of sp³-hybridized carbons (Fsp3) is 0.214. The molecular formula is C14H16N2O2S. The summed E-state index contributed by atoms with van der Waals surface area (Å²) < 4.78 is 13.8. The molecule has 0 aliphatic rings. The molecule has 0 amide bonds. The number of nitrogens with two attached hydrogens (primary N) is 1. The molecule has 2 rings (SSSR count). The van der Waals surface area contributed by atoms with Gasteiger partial charge in [0.05, 0.1) is 10.8 Å². The minimum absolute atomic E-state index is 0.0754. The summed E-state index contributed by atoms with van der Waals surface area (Å²) in [4.78, 5) is 12.3. The summed E-state index contributed by atoms with van der Waals surface area (Å²) in [6, 6.07) is 10.3. The van der Waals surface area contributed by atoms with Gasteiger partial charge in [-0.25, -0.2) is 0 Å². The van der Waals surface area contributed by atoms with Crippen LogP contribution in [-0.2, 0) is 17.3 Å². The van der Waals surface area contributed by atoms with Crippen molar-refractivity contribution in [3.63, 3.8) is 0 Å². The average molecular weight is 276 g/mol. The second-order valence-electron chi connectivity index (χ2n) is 4.31. The van der Waals surface area contributed by atoms with Gasteiger partial charge >= 0.3 is 0 Å². The maximum atomic E-state index is 12.2. The number of rotatable bonds is 4. The zero-order valence-electron chi connectivity index (χ0n) is 10.7. The van der Waals surface area contributed by atoms with Gasteiger partial charge in [-0.15, -0.1) is 0 Å². The van der Waals surface area contributed by atoms with E-state index in [0.29, 0.717) is 18.0 Å². The predicted octanol–water partition coefficient (Wildman–Crippen LogP) is 1.55. The monoisotopic (exact) mass is 276 g/mol. The summed E-state index contributed by atoms with van der Waals surface area (Å²) in [7, 11) is -1.13. The molecule has 1 atom stereocenters. The fourth-order valence-corrected chi connectivity index (χ4v) is 3.08. The Bertz CT molecular complexity index is 664. The van der Waals surface area contributed by atoms with Gasteiger partial charge in [0.15, 0.2) is 0 Å². The lowest BCUT2D eigenvalue weighted by Crippen LogP contribution is -2.21. The molecule has 0 bridgehead atoms. The molecule has 100 valence electrons. The number of hydrogen-bond donors (Lipinski definition) is 1. The molecule has 4 nitrogen and oxygen atoms in total. The van der Waals surface area contributed by atoms with E-state index in [1.54, 1.807) is 35.0 Å². The van der Waals surface area contributed by atoms with E-state index in [2.05, 4.69) is 0 Å². The second kappa shape index (κ2) is 5.84. The Morgan fingerprint density at radius 3 is 2.74 bits per heavy atom. The highest BCUT2D eigenvalue weighted by Gasteiger charge is 2.08. The van der Waals surface area contributed by atoms with E-state index < -0.39 is 10.8 Å². The first kappa shape index (κ1) is 13.5. The average Bonchev–Trinajstić information content (AvgIpc) is 2.37. The molecule has 0 aliphatic heterocycles. The fourth-order valence-electron chi connectivity index (χ4n) is 1.86. The summed E-state index contributed by atoms with van der Waals surface area (Å²) in [5.74, 6) is 0.411. The van der Waals surface area contributed by atoms with Crippen molar-refractivity contribution < 1.29 is 4.21 Å². The zero-order chi connectivity index (χ0) is 13.8. The van der Waals surface area contributed by atoms with Gasteiger partial charge in [-0.2, -0.15) is 0 Å². The Kier molecular flexibility index (Phi) is 4.16. The Balaban J connectivity index is 2.10. The number of aromatic nitrogens is 1. The largest absolute Gasteiger partial charge is 0.399 e. The topological polar surface area (TPSA) is 65.1 Å². The quantitative estimate of drug-likeness (QED) is 0.862. The number of benzene rings is 1. The number of anilines is 1. The molecule has 0 saturated heterocycles. The number of aryl methyl sites for hydroxylation is 2. The zero-order valence-corrected chi connectivity index (χ0v) is 11.5. The highest BCUT2D eigenvalue weighted by Crippen LogP contribution is 2.16. The van der Waals surface area contributed by atoms with Crippen LogP contribution in [0, 0.1) is 6.92 Å². The molecule has 2 N–H and O–H groups in total. The maximum absolute atomic E-state index is 12.2. The maximum Gasteiger partial charge on any atom is 0.250 e. The number of hydrogen-bond acceptors (Lipinski definition) is 3. The smallest absolute Gasteiger partial charge is 0.250 e. The minimum atomic E-state index is -1.13. The molecule has 0 saturated carbocycles. The Labute approximate surface area is 114 Å². The van der Waals surface area contributed by atoms with E-state index in [1.165, 1.54) is 6.07 Å². The summed E-state index contributed by atoms with van der Waals surface area (Å²) in [6.45, 7) is 2.33. The van der Waals surface area contributed by atoms with Crippen molar-refractivity contribution in [2.45, 2.75) is 18.4 Å². The summed E-state index contributed by atoms with van der Waals surface area (Å²) in [5.41, 5.74) is 7.17. The molecule has 19 heavy (non-hydrogen) atoms.